The molecule has 15 heteroatoms. The Labute approximate surface area is 172 Å². The molecule has 0 spiro atoms. The second-order valence-corrected chi connectivity index (χ2v) is 7.75. The minimum Gasteiger partial charge on any atom is -0.390 e. The van der Waals surface area contributed by atoms with Gasteiger partial charge in [0.05, 0.1) is 25.4 Å². The van der Waals surface area contributed by atoms with Crippen molar-refractivity contribution in [2.75, 3.05) is 20.1 Å². The van der Waals surface area contributed by atoms with Crippen molar-refractivity contribution in [3.05, 3.63) is 11.9 Å². The van der Waals surface area contributed by atoms with Gasteiger partial charge >= 0.3 is 10.4 Å². The lowest BCUT2D eigenvalue weighted by Gasteiger charge is -2.40. The number of aliphatic hydroxyl groups is 1. The van der Waals surface area contributed by atoms with Crippen molar-refractivity contribution in [3.8, 4) is 0 Å². The first kappa shape index (κ1) is 23.8. The minimum absolute atomic E-state index is 0.00543. The van der Waals surface area contributed by atoms with Crippen molar-refractivity contribution >= 4 is 28.0 Å². The summed E-state index contributed by atoms with van der Waals surface area (Å²) in [7, 11) is -3.41. The topological polar surface area (TPSA) is 184 Å². The molecule has 0 aromatic carbocycles. The number of Topliss-reactive ketones (excluding diaryl/α,β-unsaturated/α-hetero) is 1. The third kappa shape index (κ3) is 6.81. The van der Waals surface area contributed by atoms with Crippen molar-refractivity contribution in [3.63, 3.8) is 0 Å². The standard InChI is InChI=1S/C15H24N6O8S/c1-10(23)20-7-12(19(2)29-30(26,27)28)3-4-14(20)15(25)16-6-13(24)8-21-17-5-11(9-22)18-21/h5,12,14,22H,3-4,6-9H2,1-2H3,(H,16,25)(H,26,27,28)/t12-,14+/m1/s1. The van der Waals surface area contributed by atoms with Crippen molar-refractivity contribution in [1.82, 2.24) is 30.3 Å². The Hall–Kier alpha value is -2.46. The molecule has 168 valence electrons. The van der Waals surface area contributed by atoms with Gasteiger partial charge < -0.3 is 15.3 Å². The number of carbonyl (C=O) groups excluding carboxylic acids is 3. The predicted octanol–water partition coefficient (Wildman–Crippen LogP) is -2.50. The van der Waals surface area contributed by atoms with Crippen molar-refractivity contribution in [2.45, 2.75) is 45.0 Å². The van der Waals surface area contributed by atoms with Crippen LogP contribution in [0.5, 0.6) is 0 Å². The molecular weight excluding hydrogens is 424 g/mol. The maximum absolute atomic E-state index is 12.5. The zero-order valence-electron chi connectivity index (χ0n) is 16.5. The van der Waals surface area contributed by atoms with Crippen LogP contribution in [-0.2, 0) is 42.2 Å². The van der Waals surface area contributed by atoms with Gasteiger partial charge in [-0.05, 0) is 12.8 Å². The molecule has 2 rings (SSSR count). The quantitative estimate of drug-likeness (QED) is 0.268. The van der Waals surface area contributed by atoms with Crippen LogP contribution in [0, 0.1) is 0 Å². The highest BCUT2D eigenvalue weighted by atomic mass is 32.3. The average molecular weight is 448 g/mol. The number of hydrogen-bond donors (Lipinski definition) is 3. The molecule has 1 aromatic heterocycles. The smallest absolute Gasteiger partial charge is 0.390 e. The normalized spacial score (nSPS) is 19.7. The molecule has 1 aromatic rings. The molecule has 0 unspecified atom stereocenters. The second-order valence-electron chi connectivity index (χ2n) is 6.75. The number of aliphatic hydroxyl groups excluding tert-OH is 1. The predicted molar refractivity (Wildman–Crippen MR) is 98.6 cm³/mol. The summed E-state index contributed by atoms with van der Waals surface area (Å²) in [6.45, 7) is 0.459. The summed E-state index contributed by atoms with van der Waals surface area (Å²) in [4.78, 5) is 38.9. The Morgan fingerprint density at radius 3 is 2.63 bits per heavy atom. The number of hydroxylamine groups is 2. The number of ketones is 1. The number of hydrogen-bond acceptors (Lipinski definition) is 10. The molecule has 0 bridgehead atoms. The van der Waals surface area contributed by atoms with Crippen LogP contribution in [-0.4, -0.2) is 92.9 Å². The molecule has 1 fully saturated rings. The maximum atomic E-state index is 12.5. The van der Waals surface area contributed by atoms with E-state index in [0.717, 1.165) is 9.86 Å². The zero-order valence-corrected chi connectivity index (χ0v) is 17.3. The summed E-state index contributed by atoms with van der Waals surface area (Å²) in [5.74, 6) is -1.32. The van der Waals surface area contributed by atoms with Gasteiger partial charge in [0.2, 0.25) is 11.8 Å². The van der Waals surface area contributed by atoms with Crippen molar-refractivity contribution < 1.29 is 36.7 Å². The first-order chi connectivity index (χ1) is 14.0. The lowest BCUT2D eigenvalue weighted by molar-refractivity contribution is -0.148. The summed E-state index contributed by atoms with van der Waals surface area (Å²) in [5.41, 5.74) is 0.309. The van der Waals surface area contributed by atoms with Gasteiger partial charge in [0.1, 0.15) is 18.3 Å². The molecule has 0 aliphatic carbocycles. The third-order valence-electron chi connectivity index (χ3n) is 4.51. The van der Waals surface area contributed by atoms with Crippen LogP contribution in [0.3, 0.4) is 0 Å². The monoisotopic (exact) mass is 448 g/mol. The van der Waals surface area contributed by atoms with E-state index in [-0.39, 0.29) is 38.4 Å². The van der Waals surface area contributed by atoms with Crippen LogP contribution in [0.2, 0.25) is 0 Å². The van der Waals surface area contributed by atoms with Gasteiger partial charge in [-0.2, -0.15) is 32.8 Å². The van der Waals surface area contributed by atoms with Crippen molar-refractivity contribution in [2.24, 2.45) is 0 Å². The van der Waals surface area contributed by atoms with Gasteiger partial charge in [-0.15, -0.1) is 0 Å². The molecular formula is C15H24N6O8S. The average Bonchev–Trinajstić information content (AvgIpc) is 3.11. The first-order valence-corrected chi connectivity index (χ1v) is 10.3. The molecule has 2 amide bonds. The van der Waals surface area contributed by atoms with Gasteiger partial charge in [-0.3, -0.25) is 18.9 Å². The summed E-state index contributed by atoms with van der Waals surface area (Å²) in [6, 6.07) is -1.40. The summed E-state index contributed by atoms with van der Waals surface area (Å²) < 4.78 is 34.9. The summed E-state index contributed by atoms with van der Waals surface area (Å²) in [5, 5.41) is 20.0. The van der Waals surface area contributed by atoms with Gasteiger partial charge in [0, 0.05) is 20.5 Å². The fourth-order valence-electron chi connectivity index (χ4n) is 3.08. The Morgan fingerprint density at radius 1 is 1.37 bits per heavy atom. The molecule has 1 aliphatic rings. The number of piperidine rings is 1. The molecule has 2 atom stereocenters. The highest BCUT2D eigenvalue weighted by molar-refractivity contribution is 7.80. The van der Waals surface area contributed by atoms with E-state index in [0.29, 0.717) is 12.1 Å². The largest absolute Gasteiger partial charge is 0.413 e. The number of aromatic nitrogens is 3. The van der Waals surface area contributed by atoms with Crippen LogP contribution in [0.4, 0.5) is 0 Å². The lowest BCUT2D eigenvalue weighted by Crippen LogP contribution is -2.57. The zero-order chi connectivity index (χ0) is 22.5. The van der Waals surface area contributed by atoms with Crippen LogP contribution < -0.4 is 5.32 Å². The van der Waals surface area contributed by atoms with E-state index in [1.165, 1.54) is 25.1 Å². The van der Waals surface area contributed by atoms with Gasteiger partial charge in [-0.25, -0.2) is 0 Å². The number of likely N-dealkylation sites (N-methyl/N-ethyl adjacent to an activating group) is 1. The SMILES string of the molecule is CC(=O)N1C[C@H](N(C)OS(=O)(=O)O)CC[C@H]1C(=O)NCC(=O)Cn1ncc(CO)n1. The molecule has 3 N–H and O–H groups in total. The molecule has 30 heavy (non-hydrogen) atoms. The Balaban J connectivity index is 1.91. The van der Waals surface area contributed by atoms with Crippen LogP contribution in [0.1, 0.15) is 25.5 Å². The van der Waals surface area contributed by atoms with E-state index >= 15 is 0 Å². The number of carbonyl (C=O) groups is 3. The van der Waals surface area contributed by atoms with Gasteiger partial charge in [-0.1, -0.05) is 0 Å². The van der Waals surface area contributed by atoms with E-state index in [1.54, 1.807) is 0 Å². The minimum atomic E-state index is -4.70. The number of likely N-dealkylation sites (tertiary alicyclic amines) is 1. The van der Waals surface area contributed by atoms with E-state index in [9.17, 15) is 22.8 Å². The number of rotatable bonds is 9. The number of nitrogens with zero attached hydrogens (tertiary/aromatic N) is 5. The summed E-state index contributed by atoms with van der Waals surface area (Å²) >= 11 is 0. The highest BCUT2D eigenvalue weighted by Gasteiger charge is 2.37. The molecule has 0 radical (unpaired) electrons. The molecule has 0 saturated carbocycles. The molecule has 1 aliphatic heterocycles. The number of nitrogens with one attached hydrogen (secondary N) is 1. The van der Waals surface area contributed by atoms with Crippen molar-refractivity contribution in [1.29, 1.82) is 0 Å². The first-order valence-electron chi connectivity index (χ1n) is 8.96. The van der Waals surface area contributed by atoms with E-state index < -0.39 is 34.3 Å². The molecule has 1 saturated heterocycles. The molecule has 14 nitrogen and oxygen atoms in total. The van der Waals surface area contributed by atoms with E-state index in [2.05, 4.69) is 19.8 Å². The number of amides is 2. The van der Waals surface area contributed by atoms with Crippen LogP contribution >= 0.6 is 0 Å². The Bertz CT molecular complexity index is 887. The Morgan fingerprint density at radius 2 is 2.07 bits per heavy atom. The van der Waals surface area contributed by atoms with E-state index in [4.69, 9.17) is 9.66 Å². The lowest BCUT2D eigenvalue weighted by atomic mass is 9.97. The second kappa shape index (κ2) is 10.0. The maximum Gasteiger partial charge on any atom is 0.413 e. The van der Waals surface area contributed by atoms with Crippen LogP contribution in [0.25, 0.3) is 0 Å². The summed E-state index contributed by atoms with van der Waals surface area (Å²) in [6.07, 6.45) is 1.82. The highest BCUT2D eigenvalue weighted by Crippen LogP contribution is 2.22. The third-order valence-corrected chi connectivity index (χ3v) is 4.94. The fraction of sp³-hybridized carbons (Fsp3) is 0.667. The van der Waals surface area contributed by atoms with E-state index in [1.807, 2.05) is 0 Å². The fourth-order valence-corrected chi connectivity index (χ4v) is 3.50. The van der Waals surface area contributed by atoms with Crippen LogP contribution in [0.15, 0.2) is 6.20 Å². The molecule has 2 heterocycles. The Kier molecular flexibility index (Phi) is 7.96. The van der Waals surface area contributed by atoms with Gasteiger partial charge in [0.25, 0.3) is 0 Å². The van der Waals surface area contributed by atoms with Gasteiger partial charge in [0.15, 0.2) is 5.78 Å².